The third-order valence-corrected chi connectivity index (χ3v) is 4.91. The Kier molecular flexibility index (Phi) is 8.71. The number of ether oxygens (including phenoxy) is 1. The van der Waals surface area contributed by atoms with E-state index in [4.69, 9.17) is 4.74 Å². The van der Waals surface area contributed by atoms with E-state index in [-0.39, 0.29) is 11.8 Å². The van der Waals surface area contributed by atoms with Crippen LogP contribution in [-0.2, 0) is 20.9 Å². The van der Waals surface area contributed by atoms with Crippen molar-refractivity contribution in [3.63, 3.8) is 0 Å². The van der Waals surface area contributed by atoms with E-state index in [1.54, 1.807) is 12.0 Å². The molecule has 1 fully saturated rings. The Hall–Kier alpha value is -1.96. The first-order chi connectivity index (χ1) is 13.0. The lowest BCUT2D eigenvalue weighted by atomic mass is 10.1. The summed E-state index contributed by atoms with van der Waals surface area (Å²) in [7, 11) is 3.47. The molecule has 7 heteroatoms. The van der Waals surface area contributed by atoms with Crippen LogP contribution in [0.5, 0.6) is 0 Å². The van der Waals surface area contributed by atoms with Gasteiger partial charge in [0.2, 0.25) is 11.8 Å². The second kappa shape index (κ2) is 11.0. The Labute approximate surface area is 162 Å². The number of carbonyl (C=O) groups excluding carboxylic acids is 2. The molecule has 1 aliphatic rings. The van der Waals surface area contributed by atoms with E-state index in [0.717, 1.165) is 26.2 Å². The SMILES string of the molecule is COCCNC(=O)CN1CCN(CC(=O)N(C)Cc2ccccc2C)CC1. The summed E-state index contributed by atoms with van der Waals surface area (Å²) in [6.45, 7) is 7.79. The summed E-state index contributed by atoms with van der Waals surface area (Å²) in [5, 5.41) is 2.84. The second-order valence-electron chi connectivity index (χ2n) is 7.07. The molecule has 0 spiro atoms. The van der Waals surface area contributed by atoms with E-state index in [1.807, 2.05) is 19.2 Å². The molecule has 0 aromatic heterocycles. The number of likely N-dealkylation sites (N-methyl/N-ethyl adjacent to an activating group) is 1. The second-order valence-corrected chi connectivity index (χ2v) is 7.07. The van der Waals surface area contributed by atoms with Gasteiger partial charge in [0, 0.05) is 53.4 Å². The van der Waals surface area contributed by atoms with Crippen molar-refractivity contribution in [2.24, 2.45) is 0 Å². The molecule has 0 radical (unpaired) electrons. The first-order valence-electron chi connectivity index (χ1n) is 9.48. The van der Waals surface area contributed by atoms with Crippen molar-refractivity contribution in [2.45, 2.75) is 13.5 Å². The summed E-state index contributed by atoms with van der Waals surface area (Å²) in [5.74, 6) is 0.151. The highest BCUT2D eigenvalue weighted by Crippen LogP contribution is 2.10. The van der Waals surface area contributed by atoms with Gasteiger partial charge in [-0.15, -0.1) is 0 Å². The Bertz CT molecular complexity index is 615. The first kappa shape index (κ1) is 21.3. The van der Waals surface area contributed by atoms with Gasteiger partial charge in [0.15, 0.2) is 0 Å². The molecule has 0 aliphatic carbocycles. The van der Waals surface area contributed by atoms with Crippen LogP contribution < -0.4 is 5.32 Å². The molecule has 1 aromatic carbocycles. The minimum Gasteiger partial charge on any atom is -0.383 e. The van der Waals surface area contributed by atoms with Crippen molar-refractivity contribution in [3.8, 4) is 0 Å². The summed E-state index contributed by atoms with van der Waals surface area (Å²) in [6.07, 6.45) is 0. The summed E-state index contributed by atoms with van der Waals surface area (Å²) >= 11 is 0. The number of nitrogens with zero attached hydrogens (tertiary/aromatic N) is 3. The number of piperazine rings is 1. The van der Waals surface area contributed by atoms with E-state index in [9.17, 15) is 9.59 Å². The number of hydrogen-bond donors (Lipinski definition) is 1. The molecule has 2 rings (SSSR count). The van der Waals surface area contributed by atoms with Gasteiger partial charge in [0.05, 0.1) is 19.7 Å². The Morgan fingerprint density at radius 3 is 2.37 bits per heavy atom. The van der Waals surface area contributed by atoms with Crippen LogP contribution >= 0.6 is 0 Å². The van der Waals surface area contributed by atoms with Crippen molar-refractivity contribution < 1.29 is 14.3 Å². The van der Waals surface area contributed by atoms with Crippen LogP contribution in [0.25, 0.3) is 0 Å². The molecule has 1 aromatic rings. The van der Waals surface area contributed by atoms with Crippen LogP contribution in [0.15, 0.2) is 24.3 Å². The summed E-state index contributed by atoms with van der Waals surface area (Å²) < 4.78 is 4.93. The van der Waals surface area contributed by atoms with Gasteiger partial charge in [-0.25, -0.2) is 0 Å². The third-order valence-electron chi connectivity index (χ3n) is 4.91. The van der Waals surface area contributed by atoms with Gasteiger partial charge in [-0.2, -0.15) is 0 Å². The maximum Gasteiger partial charge on any atom is 0.236 e. The normalized spacial score (nSPS) is 15.5. The van der Waals surface area contributed by atoms with E-state index in [2.05, 4.69) is 34.2 Å². The van der Waals surface area contributed by atoms with Crippen LogP contribution in [-0.4, -0.2) is 93.1 Å². The highest BCUT2D eigenvalue weighted by atomic mass is 16.5. The monoisotopic (exact) mass is 376 g/mol. The van der Waals surface area contributed by atoms with Crippen molar-refractivity contribution in [2.75, 3.05) is 66.6 Å². The minimum absolute atomic E-state index is 0.0227. The van der Waals surface area contributed by atoms with Gasteiger partial charge in [0.1, 0.15) is 0 Å². The van der Waals surface area contributed by atoms with E-state index >= 15 is 0 Å². The zero-order valence-corrected chi connectivity index (χ0v) is 16.7. The van der Waals surface area contributed by atoms with Crippen LogP contribution in [0.1, 0.15) is 11.1 Å². The molecule has 0 atom stereocenters. The molecular formula is C20H32N4O3. The lowest BCUT2D eigenvalue weighted by molar-refractivity contribution is -0.132. The van der Waals surface area contributed by atoms with Gasteiger partial charge >= 0.3 is 0 Å². The van der Waals surface area contributed by atoms with Crippen LogP contribution in [0, 0.1) is 6.92 Å². The number of methoxy groups -OCH3 is 1. The van der Waals surface area contributed by atoms with Crippen molar-refractivity contribution in [1.29, 1.82) is 0 Å². The smallest absolute Gasteiger partial charge is 0.236 e. The highest BCUT2D eigenvalue weighted by Gasteiger charge is 2.21. The van der Waals surface area contributed by atoms with Crippen molar-refractivity contribution >= 4 is 11.8 Å². The fraction of sp³-hybridized carbons (Fsp3) is 0.600. The zero-order valence-electron chi connectivity index (χ0n) is 16.7. The number of aryl methyl sites for hydroxylation is 1. The maximum atomic E-state index is 12.5. The first-order valence-corrected chi connectivity index (χ1v) is 9.48. The number of amides is 2. The Morgan fingerprint density at radius 2 is 1.74 bits per heavy atom. The van der Waals surface area contributed by atoms with Crippen molar-refractivity contribution in [1.82, 2.24) is 20.0 Å². The predicted octanol–water partition coefficient (Wildman–Crippen LogP) is 0.334. The molecule has 1 N–H and O–H groups in total. The molecule has 27 heavy (non-hydrogen) atoms. The number of nitrogens with one attached hydrogen (secondary N) is 1. The highest BCUT2D eigenvalue weighted by molar-refractivity contribution is 5.78. The quantitative estimate of drug-likeness (QED) is 0.630. The summed E-state index contributed by atoms with van der Waals surface area (Å²) in [6, 6.07) is 8.15. The number of carbonyl (C=O) groups is 2. The average molecular weight is 377 g/mol. The molecule has 2 amide bonds. The average Bonchev–Trinajstić information content (AvgIpc) is 2.65. The largest absolute Gasteiger partial charge is 0.383 e. The minimum atomic E-state index is 0.0227. The molecule has 7 nitrogen and oxygen atoms in total. The van der Waals surface area contributed by atoms with Crippen LogP contribution in [0.3, 0.4) is 0 Å². The van der Waals surface area contributed by atoms with E-state index < -0.39 is 0 Å². The number of benzene rings is 1. The van der Waals surface area contributed by atoms with Gasteiger partial charge in [-0.3, -0.25) is 19.4 Å². The maximum absolute atomic E-state index is 12.5. The zero-order chi connectivity index (χ0) is 19.6. The van der Waals surface area contributed by atoms with Gasteiger partial charge < -0.3 is 15.0 Å². The van der Waals surface area contributed by atoms with Crippen LogP contribution in [0.2, 0.25) is 0 Å². The molecule has 150 valence electrons. The van der Waals surface area contributed by atoms with E-state index in [0.29, 0.717) is 32.8 Å². The lowest BCUT2D eigenvalue weighted by Gasteiger charge is -2.34. The summed E-state index contributed by atoms with van der Waals surface area (Å²) in [5.41, 5.74) is 2.38. The molecule has 0 bridgehead atoms. The fourth-order valence-corrected chi connectivity index (χ4v) is 3.10. The van der Waals surface area contributed by atoms with Gasteiger partial charge in [-0.1, -0.05) is 24.3 Å². The molecule has 0 saturated carbocycles. The molecule has 1 heterocycles. The Morgan fingerprint density at radius 1 is 1.11 bits per heavy atom. The Balaban J connectivity index is 1.69. The molecule has 0 unspecified atom stereocenters. The van der Waals surface area contributed by atoms with Crippen LogP contribution in [0.4, 0.5) is 0 Å². The molecular weight excluding hydrogens is 344 g/mol. The third kappa shape index (κ3) is 7.28. The predicted molar refractivity (Wildman–Crippen MR) is 105 cm³/mol. The van der Waals surface area contributed by atoms with Gasteiger partial charge in [0.25, 0.3) is 0 Å². The molecule has 1 aliphatic heterocycles. The standard InChI is InChI=1S/C20H32N4O3/c1-17-6-4-5-7-18(17)14-22(2)20(26)16-24-11-9-23(10-12-24)15-19(25)21-8-13-27-3/h4-7H,8-16H2,1-3H3,(H,21,25). The van der Waals surface area contributed by atoms with E-state index in [1.165, 1.54) is 11.1 Å². The molecule has 1 saturated heterocycles. The lowest BCUT2D eigenvalue weighted by Crippen LogP contribution is -2.51. The van der Waals surface area contributed by atoms with Crippen molar-refractivity contribution in [3.05, 3.63) is 35.4 Å². The number of hydrogen-bond acceptors (Lipinski definition) is 5. The number of rotatable bonds is 9. The fourth-order valence-electron chi connectivity index (χ4n) is 3.10. The summed E-state index contributed by atoms with van der Waals surface area (Å²) in [4.78, 5) is 30.5. The van der Waals surface area contributed by atoms with Gasteiger partial charge in [-0.05, 0) is 18.1 Å². The topological polar surface area (TPSA) is 65.1 Å².